The number of hydrogen-bond donors (Lipinski definition) is 1. The average Bonchev–Trinajstić information content (AvgIpc) is 3.88. The monoisotopic (exact) mass is 641 g/mol. The minimum atomic E-state index is -0.204. The molecule has 0 aromatic heterocycles. The predicted molar refractivity (Wildman–Crippen MR) is 182 cm³/mol. The molecule has 7 nitrogen and oxygen atoms in total. The van der Waals surface area contributed by atoms with Crippen LogP contribution < -0.4 is 14.8 Å². The molecule has 1 N–H and O–H groups in total. The molecule has 2 fully saturated rings. The fraction of sp³-hybridized carbons (Fsp3) is 0.421. The number of ether oxygens (including phenoxy) is 2. The molecule has 6 rings (SSSR count). The summed E-state index contributed by atoms with van der Waals surface area (Å²) in [5.41, 5.74) is 7.62. The molecule has 2 aliphatic heterocycles. The van der Waals surface area contributed by atoms with Gasteiger partial charge in [-0.15, -0.1) is 0 Å². The molecule has 3 aliphatic rings. The molecule has 242 valence electrons. The van der Waals surface area contributed by atoms with Crippen molar-refractivity contribution in [3.63, 3.8) is 0 Å². The highest BCUT2D eigenvalue weighted by molar-refractivity contribution is 6.32. The van der Waals surface area contributed by atoms with E-state index in [0.29, 0.717) is 50.0 Å². The number of carbonyl (C=O) groups excluding carboxylic acids is 2. The third-order valence-electron chi connectivity index (χ3n) is 9.45. The molecular formula is C38H44ClN3O4. The number of halogens is 1. The van der Waals surface area contributed by atoms with E-state index < -0.39 is 0 Å². The summed E-state index contributed by atoms with van der Waals surface area (Å²) in [6.07, 6.45) is 3.57. The lowest BCUT2D eigenvalue weighted by molar-refractivity contribution is -0.132. The van der Waals surface area contributed by atoms with Crippen LogP contribution in [0.1, 0.15) is 54.0 Å². The van der Waals surface area contributed by atoms with E-state index >= 15 is 0 Å². The van der Waals surface area contributed by atoms with E-state index in [-0.39, 0.29) is 29.9 Å². The van der Waals surface area contributed by atoms with Crippen molar-refractivity contribution in [2.75, 3.05) is 32.8 Å². The zero-order valence-electron chi connectivity index (χ0n) is 27.3. The topological polar surface area (TPSA) is 71.1 Å². The summed E-state index contributed by atoms with van der Waals surface area (Å²) in [5, 5.41) is 4.28. The van der Waals surface area contributed by atoms with Crippen molar-refractivity contribution >= 4 is 29.0 Å². The number of aryl methyl sites for hydroxylation is 3. The van der Waals surface area contributed by atoms with Crippen LogP contribution in [-0.2, 0) is 16.0 Å². The summed E-state index contributed by atoms with van der Waals surface area (Å²) in [6.45, 7) is 10.3. The molecule has 0 spiro atoms. The molecule has 3 aromatic rings. The van der Waals surface area contributed by atoms with E-state index in [0.717, 1.165) is 52.8 Å². The maximum absolute atomic E-state index is 14.5. The zero-order chi connectivity index (χ0) is 32.4. The van der Waals surface area contributed by atoms with Crippen LogP contribution in [0.4, 0.5) is 0 Å². The molecule has 0 unspecified atom stereocenters. The Labute approximate surface area is 277 Å². The maximum atomic E-state index is 14.5. The minimum Gasteiger partial charge on any atom is -0.490 e. The minimum absolute atomic E-state index is 0.0513. The highest BCUT2D eigenvalue weighted by atomic mass is 35.5. The molecule has 1 saturated heterocycles. The summed E-state index contributed by atoms with van der Waals surface area (Å²) in [4.78, 5) is 30.9. The summed E-state index contributed by atoms with van der Waals surface area (Å²) in [7, 11) is 0. The Balaban J connectivity index is 1.19. The van der Waals surface area contributed by atoms with Crippen molar-refractivity contribution in [2.24, 2.45) is 0 Å². The van der Waals surface area contributed by atoms with Crippen molar-refractivity contribution in [3.8, 4) is 11.5 Å². The molecule has 46 heavy (non-hydrogen) atoms. The second-order valence-corrected chi connectivity index (χ2v) is 13.4. The average molecular weight is 642 g/mol. The van der Waals surface area contributed by atoms with Crippen LogP contribution in [0.15, 0.2) is 66.2 Å². The molecule has 2 atom stereocenters. The standard InChI is InChI=1S/C38H44ClN3O4/c1-24-5-7-28(8-6-24)15-16-42(31-11-12-31)38(44)37-33(21-30-22-41(27(4)43)23-35(37)40-30)29-9-13-32(14-10-29)45-17-18-46-36-20-26(3)25(2)19-34(36)39/h5-10,13-14,19-20,30-31,35,40H,11-12,15-18,21-23H2,1-4H3/t30-,35-/m1/s1. The lowest BCUT2D eigenvalue weighted by Gasteiger charge is -2.44. The van der Waals surface area contributed by atoms with Crippen LogP contribution in [-0.4, -0.2) is 72.6 Å². The largest absolute Gasteiger partial charge is 0.490 e. The molecule has 0 radical (unpaired) electrons. The Hall–Kier alpha value is -3.81. The van der Waals surface area contributed by atoms with Gasteiger partial charge in [0.1, 0.15) is 24.7 Å². The summed E-state index contributed by atoms with van der Waals surface area (Å²) < 4.78 is 11.9. The SMILES string of the molecule is CC(=O)N1C[C@H]2CC(c3ccc(OCCOc4cc(C)c(C)cc4Cl)cc3)=C(C(=O)N(CCc3ccc(C)cc3)C3CC3)[C@@H](C1)N2. The fourth-order valence-corrected chi connectivity index (χ4v) is 6.82. The van der Waals surface area contributed by atoms with Gasteiger partial charge >= 0.3 is 0 Å². The zero-order valence-corrected chi connectivity index (χ0v) is 28.0. The van der Waals surface area contributed by atoms with E-state index in [9.17, 15) is 9.59 Å². The number of benzene rings is 3. The summed E-state index contributed by atoms with van der Waals surface area (Å²) >= 11 is 6.35. The van der Waals surface area contributed by atoms with E-state index in [1.54, 1.807) is 6.92 Å². The first kappa shape index (κ1) is 32.1. The molecule has 1 aliphatic carbocycles. The second kappa shape index (κ2) is 13.9. The highest BCUT2D eigenvalue weighted by Gasteiger charge is 2.42. The van der Waals surface area contributed by atoms with Gasteiger partial charge in [-0.2, -0.15) is 0 Å². The Morgan fingerprint density at radius 3 is 2.33 bits per heavy atom. The van der Waals surface area contributed by atoms with Crippen molar-refractivity contribution in [1.82, 2.24) is 15.1 Å². The van der Waals surface area contributed by atoms with Gasteiger partial charge in [0.2, 0.25) is 5.91 Å². The molecule has 2 heterocycles. The Morgan fingerprint density at radius 2 is 1.63 bits per heavy atom. The maximum Gasteiger partial charge on any atom is 0.252 e. The summed E-state index contributed by atoms with van der Waals surface area (Å²) in [5.74, 6) is 1.54. The third-order valence-corrected chi connectivity index (χ3v) is 9.75. The van der Waals surface area contributed by atoms with Crippen molar-refractivity contribution in [1.29, 1.82) is 0 Å². The van der Waals surface area contributed by atoms with Crippen LogP contribution in [0.2, 0.25) is 5.02 Å². The van der Waals surface area contributed by atoms with Gasteiger partial charge < -0.3 is 24.6 Å². The number of carbonyl (C=O) groups is 2. The number of piperazine rings is 1. The smallest absolute Gasteiger partial charge is 0.252 e. The molecule has 1 saturated carbocycles. The predicted octanol–water partition coefficient (Wildman–Crippen LogP) is 6.30. The second-order valence-electron chi connectivity index (χ2n) is 13.0. The molecule has 3 aromatic carbocycles. The lowest BCUT2D eigenvalue weighted by Crippen LogP contribution is -2.62. The van der Waals surface area contributed by atoms with E-state index in [2.05, 4.69) is 53.5 Å². The van der Waals surface area contributed by atoms with Crippen LogP contribution in [0.3, 0.4) is 0 Å². The Bertz CT molecular complexity index is 1610. The van der Waals surface area contributed by atoms with Crippen LogP contribution in [0.5, 0.6) is 11.5 Å². The number of nitrogens with one attached hydrogen (secondary N) is 1. The van der Waals surface area contributed by atoms with Gasteiger partial charge in [0.05, 0.1) is 11.1 Å². The van der Waals surface area contributed by atoms with Gasteiger partial charge in [-0.25, -0.2) is 0 Å². The van der Waals surface area contributed by atoms with Crippen LogP contribution in [0, 0.1) is 20.8 Å². The molecule has 2 bridgehead atoms. The quantitative estimate of drug-likeness (QED) is 0.249. The lowest BCUT2D eigenvalue weighted by atomic mass is 9.82. The molecule has 8 heteroatoms. The number of rotatable bonds is 11. The van der Waals surface area contributed by atoms with Crippen LogP contribution >= 0.6 is 11.6 Å². The van der Waals surface area contributed by atoms with Gasteiger partial charge in [-0.1, -0.05) is 53.6 Å². The first-order valence-electron chi connectivity index (χ1n) is 16.4. The number of fused-ring (bicyclic) bond motifs is 2. The normalized spacial score (nSPS) is 19.2. The van der Waals surface area contributed by atoms with Gasteiger partial charge in [0, 0.05) is 44.2 Å². The van der Waals surface area contributed by atoms with E-state index in [1.807, 2.05) is 43.0 Å². The van der Waals surface area contributed by atoms with Crippen molar-refractivity contribution in [3.05, 3.63) is 99.1 Å². The highest BCUT2D eigenvalue weighted by Crippen LogP contribution is 2.37. The van der Waals surface area contributed by atoms with Crippen molar-refractivity contribution in [2.45, 2.75) is 71.5 Å². The van der Waals surface area contributed by atoms with E-state index in [1.165, 1.54) is 11.1 Å². The molecule has 2 amide bonds. The van der Waals surface area contributed by atoms with Crippen molar-refractivity contribution < 1.29 is 19.1 Å². The van der Waals surface area contributed by atoms with Gasteiger partial charge in [-0.3, -0.25) is 9.59 Å². The Morgan fingerprint density at radius 1 is 0.935 bits per heavy atom. The number of nitrogens with zero attached hydrogens (tertiary/aromatic N) is 2. The van der Waals surface area contributed by atoms with Gasteiger partial charge in [-0.05, 0) is 98.5 Å². The first-order chi connectivity index (χ1) is 22.2. The number of hydrogen-bond acceptors (Lipinski definition) is 5. The summed E-state index contributed by atoms with van der Waals surface area (Å²) in [6, 6.07) is 20.6. The van der Waals surface area contributed by atoms with Crippen LogP contribution in [0.25, 0.3) is 5.57 Å². The Kier molecular flexibility index (Phi) is 9.71. The van der Waals surface area contributed by atoms with Gasteiger partial charge in [0.25, 0.3) is 5.91 Å². The van der Waals surface area contributed by atoms with E-state index in [4.69, 9.17) is 21.1 Å². The fourth-order valence-electron chi connectivity index (χ4n) is 6.55. The number of amides is 2. The third kappa shape index (κ3) is 7.42. The molecular weight excluding hydrogens is 598 g/mol. The first-order valence-corrected chi connectivity index (χ1v) is 16.8. The van der Waals surface area contributed by atoms with Gasteiger partial charge in [0.15, 0.2) is 0 Å².